The van der Waals surface area contributed by atoms with Crippen LogP contribution in [0.1, 0.15) is 43.1 Å². The third-order valence-electron chi connectivity index (χ3n) is 4.71. The summed E-state index contributed by atoms with van der Waals surface area (Å²) in [5.74, 6) is 1.41. The molecule has 2 aromatic carbocycles. The highest BCUT2D eigenvalue weighted by Crippen LogP contribution is 2.31. The monoisotopic (exact) mass is 355 g/mol. The number of unbranched alkanes of at least 4 members (excludes halogenated alkanes) is 2. The van der Waals surface area contributed by atoms with Crippen molar-refractivity contribution >= 4 is 28.1 Å². The maximum atomic E-state index is 9.88. The second-order valence-electron chi connectivity index (χ2n) is 6.57. The summed E-state index contributed by atoms with van der Waals surface area (Å²) in [4.78, 5) is 12.6. The molecule has 0 amide bonds. The first kappa shape index (κ1) is 17.0. The zero-order chi connectivity index (χ0) is 18.6. The van der Waals surface area contributed by atoms with E-state index in [0.29, 0.717) is 11.4 Å². The SMILES string of the molecule is CCCCC/N=C1\N/C(=C(\C#N)c2nc3ccccc3[nH]2)c2ccccc21. The van der Waals surface area contributed by atoms with Crippen LogP contribution in [0, 0.1) is 11.3 Å². The van der Waals surface area contributed by atoms with Crippen molar-refractivity contribution in [2.24, 2.45) is 4.99 Å². The van der Waals surface area contributed by atoms with Gasteiger partial charge in [-0.25, -0.2) is 4.98 Å². The standard InChI is InChI=1S/C22H21N5/c1-2-3-8-13-24-21-16-10-5-4-9-15(16)20(27-21)17(14-23)22-25-18-11-6-7-12-19(18)26-22/h4-7,9-12H,2-3,8,13H2,1H3,(H,24,27)(H,25,26)/b20-17+. The minimum atomic E-state index is 0.498. The van der Waals surface area contributed by atoms with Crippen LogP contribution >= 0.6 is 0 Å². The topological polar surface area (TPSA) is 76.9 Å². The Morgan fingerprint density at radius 3 is 2.63 bits per heavy atom. The fourth-order valence-electron chi connectivity index (χ4n) is 3.33. The number of nitriles is 1. The molecular formula is C22H21N5. The van der Waals surface area contributed by atoms with E-state index in [0.717, 1.165) is 46.7 Å². The summed E-state index contributed by atoms with van der Waals surface area (Å²) in [6, 6.07) is 18.2. The fraction of sp³-hybridized carbons (Fsp3) is 0.227. The number of aromatic nitrogens is 2. The number of imidazole rings is 1. The summed E-state index contributed by atoms with van der Waals surface area (Å²) < 4.78 is 0. The van der Waals surface area contributed by atoms with Gasteiger partial charge in [0.2, 0.25) is 0 Å². The molecule has 0 bridgehead atoms. The molecule has 0 atom stereocenters. The van der Waals surface area contributed by atoms with Crippen molar-refractivity contribution in [3.05, 3.63) is 65.5 Å². The van der Waals surface area contributed by atoms with Crippen LogP contribution in [0.2, 0.25) is 0 Å². The predicted molar refractivity (Wildman–Crippen MR) is 109 cm³/mol. The molecule has 4 rings (SSSR count). The average molecular weight is 355 g/mol. The molecule has 0 unspecified atom stereocenters. The van der Waals surface area contributed by atoms with Crippen LogP contribution in [0.5, 0.6) is 0 Å². The normalized spacial score (nSPS) is 16.2. The van der Waals surface area contributed by atoms with Gasteiger partial charge in [0.25, 0.3) is 0 Å². The highest BCUT2D eigenvalue weighted by molar-refractivity contribution is 6.17. The second-order valence-corrected chi connectivity index (χ2v) is 6.57. The smallest absolute Gasteiger partial charge is 0.151 e. The molecule has 0 radical (unpaired) electrons. The third-order valence-corrected chi connectivity index (χ3v) is 4.71. The molecule has 0 spiro atoms. The molecule has 134 valence electrons. The highest BCUT2D eigenvalue weighted by atomic mass is 15.0. The van der Waals surface area contributed by atoms with E-state index in [1.807, 2.05) is 48.5 Å². The van der Waals surface area contributed by atoms with E-state index in [1.165, 1.54) is 12.8 Å². The van der Waals surface area contributed by atoms with E-state index in [1.54, 1.807) is 0 Å². The van der Waals surface area contributed by atoms with E-state index in [4.69, 9.17) is 4.99 Å². The van der Waals surface area contributed by atoms with Gasteiger partial charge >= 0.3 is 0 Å². The van der Waals surface area contributed by atoms with Gasteiger partial charge in [0.1, 0.15) is 17.5 Å². The number of H-pyrrole nitrogens is 1. The van der Waals surface area contributed by atoms with Gasteiger partial charge in [-0.05, 0) is 18.6 Å². The van der Waals surface area contributed by atoms with E-state index >= 15 is 0 Å². The number of nitrogens with zero attached hydrogens (tertiary/aromatic N) is 3. The molecule has 0 fully saturated rings. The Morgan fingerprint density at radius 1 is 1.07 bits per heavy atom. The average Bonchev–Trinajstić information content (AvgIpc) is 3.28. The lowest BCUT2D eigenvalue weighted by atomic mass is 10.0. The fourth-order valence-corrected chi connectivity index (χ4v) is 3.33. The Labute approximate surface area is 158 Å². The molecule has 0 saturated carbocycles. The largest absolute Gasteiger partial charge is 0.338 e. The van der Waals surface area contributed by atoms with Crippen LogP contribution in [0.15, 0.2) is 53.5 Å². The van der Waals surface area contributed by atoms with Crippen LogP contribution in [0.25, 0.3) is 22.3 Å². The Bertz CT molecular complexity index is 1050. The lowest BCUT2D eigenvalue weighted by molar-refractivity contribution is 0.727. The van der Waals surface area contributed by atoms with E-state index < -0.39 is 0 Å². The Hall–Kier alpha value is -3.39. The molecular weight excluding hydrogens is 334 g/mol. The molecule has 2 N–H and O–H groups in total. The minimum Gasteiger partial charge on any atom is -0.338 e. The van der Waals surface area contributed by atoms with Crippen molar-refractivity contribution in [3.63, 3.8) is 0 Å². The Morgan fingerprint density at radius 2 is 1.85 bits per heavy atom. The lowest BCUT2D eigenvalue weighted by Crippen LogP contribution is -2.16. The van der Waals surface area contributed by atoms with Gasteiger partial charge in [0, 0.05) is 17.7 Å². The number of aliphatic imine (C=N–C) groups is 1. The van der Waals surface area contributed by atoms with Gasteiger partial charge < -0.3 is 10.3 Å². The van der Waals surface area contributed by atoms with Gasteiger partial charge in [0.05, 0.1) is 16.7 Å². The van der Waals surface area contributed by atoms with Gasteiger partial charge in [-0.2, -0.15) is 5.26 Å². The van der Waals surface area contributed by atoms with E-state index in [2.05, 4.69) is 28.3 Å². The van der Waals surface area contributed by atoms with E-state index in [9.17, 15) is 5.26 Å². The second kappa shape index (κ2) is 7.46. The van der Waals surface area contributed by atoms with Crippen LogP contribution in [0.4, 0.5) is 0 Å². The summed E-state index contributed by atoms with van der Waals surface area (Å²) in [5.41, 5.74) is 5.05. The lowest BCUT2D eigenvalue weighted by Gasteiger charge is -2.04. The zero-order valence-electron chi connectivity index (χ0n) is 15.3. The number of hydrogen-bond acceptors (Lipinski definition) is 3. The Kier molecular flexibility index (Phi) is 4.71. The van der Waals surface area contributed by atoms with Crippen molar-refractivity contribution in [1.29, 1.82) is 5.26 Å². The summed E-state index contributed by atoms with van der Waals surface area (Å²) >= 11 is 0. The third kappa shape index (κ3) is 3.22. The molecule has 5 nitrogen and oxygen atoms in total. The maximum absolute atomic E-state index is 9.88. The number of rotatable bonds is 5. The number of hydrogen-bond donors (Lipinski definition) is 2. The molecule has 1 aliphatic rings. The van der Waals surface area contributed by atoms with Gasteiger partial charge in [-0.15, -0.1) is 0 Å². The van der Waals surface area contributed by atoms with Crippen molar-refractivity contribution in [2.45, 2.75) is 26.2 Å². The summed E-state index contributed by atoms with van der Waals surface area (Å²) in [6.07, 6.45) is 3.41. The van der Waals surface area contributed by atoms with E-state index in [-0.39, 0.29) is 0 Å². The molecule has 0 saturated heterocycles. The Balaban J connectivity index is 1.78. The maximum Gasteiger partial charge on any atom is 0.151 e. The molecule has 3 aromatic rings. The first-order chi connectivity index (χ1) is 13.3. The first-order valence-electron chi connectivity index (χ1n) is 9.32. The quantitative estimate of drug-likeness (QED) is 0.523. The number of amidine groups is 1. The number of para-hydroxylation sites is 2. The van der Waals surface area contributed by atoms with Gasteiger partial charge in [-0.1, -0.05) is 56.2 Å². The number of aromatic amines is 1. The molecule has 5 heteroatoms. The molecule has 2 heterocycles. The molecule has 1 aromatic heterocycles. The van der Waals surface area contributed by atoms with Crippen molar-refractivity contribution < 1.29 is 0 Å². The summed E-state index contributed by atoms with van der Waals surface area (Å²) in [5, 5.41) is 13.2. The number of nitrogens with one attached hydrogen (secondary N) is 2. The van der Waals surface area contributed by atoms with Gasteiger partial charge in [-0.3, -0.25) is 4.99 Å². The summed E-state index contributed by atoms with van der Waals surface area (Å²) in [6.45, 7) is 2.97. The molecule has 0 aliphatic carbocycles. The van der Waals surface area contributed by atoms with Crippen LogP contribution in [-0.4, -0.2) is 22.3 Å². The minimum absolute atomic E-state index is 0.498. The molecule has 1 aliphatic heterocycles. The number of benzene rings is 2. The van der Waals surface area contributed by atoms with Crippen molar-refractivity contribution in [2.75, 3.05) is 6.54 Å². The molecule has 27 heavy (non-hydrogen) atoms. The predicted octanol–water partition coefficient (Wildman–Crippen LogP) is 4.49. The van der Waals surface area contributed by atoms with Crippen molar-refractivity contribution in [1.82, 2.24) is 15.3 Å². The number of fused-ring (bicyclic) bond motifs is 2. The summed E-state index contributed by atoms with van der Waals surface area (Å²) in [7, 11) is 0. The highest BCUT2D eigenvalue weighted by Gasteiger charge is 2.26. The zero-order valence-corrected chi connectivity index (χ0v) is 15.3. The van der Waals surface area contributed by atoms with Crippen LogP contribution in [0.3, 0.4) is 0 Å². The van der Waals surface area contributed by atoms with Crippen molar-refractivity contribution in [3.8, 4) is 6.07 Å². The first-order valence-corrected chi connectivity index (χ1v) is 9.32. The van der Waals surface area contributed by atoms with Crippen LogP contribution < -0.4 is 5.32 Å². The number of allylic oxidation sites excluding steroid dienone is 1. The van der Waals surface area contributed by atoms with Crippen LogP contribution in [-0.2, 0) is 0 Å². The van der Waals surface area contributed by atoms with Gasteiger partial charge in [0.15, 0.2) is 5.82 Å².